The van der Waals surface area contributed by atoms with Crippen LogP contribution in [0.1, 0.15) is 19.4 Å². The first-order valence-electron chi connectivity index (χ1n) is 6.85. The fraction of sp³-hybridized carbons (Fsp3) is 0.467. The van der Waals surface area contributed by atoms with E-state index in [2.05, 4.69) is 25.7 Å². The number of sulfonamides is 1. The molecule has 21 heavy (non-hydrogen) atoms. The molecule has 1 aliphatic heterocycles. The molecule has 1 aliphatic rings. The van der Waals surface area contributed by atoms with Gasteiger partial charge in [-0.1, -0.05) is 37.3 Å². The molecule has 0 bridgehead atoms. The largest absolute Gasteiger partial charge is 0.320 e. The lowest BCUT2D eigenvalue weighted by Gasteiger charge is -2.17. The molecule has 0 aliphatic carbocycles. The van der Waals surface area contributed by atoms with Crippen molar-refractivity contribution in [1.82, 2.24) is 4.31 Å². The van der Waals surface area contributed by atoms with Crippen LogP contribution in [0.5, 0.6) is 0 Å². The van der Waals surface area contributed by atoms with Crippen LogP contribution in [-0.2, 0) is 10.0 Å². The fourth-order valence-electron chi connectivity index (χ4n) is 2.35. The van der Waals surface area contributed by atoms with E-state index < -0.39 is 10.0 Å². The van der Waals surface area contributed by atoms with E-state index in [9.17, 15) is 8.42 Å². The highest BCUT2D eigenvalue weighted by Crippen LogP contribution is 2.31. The first-order chi connectivity index (χ1) is 9.86. The van der Waals surface area contributed by atoms with Crippen molar-refractivity contribution < 1.29 is 8.42 Å². The van der Waals surface area contributed by atoms with Gasteiger partial charge in [-0.05, 0) is 30.0 Å². The number of hydrogen-bond donors (Lipinski definition) is 1. The molecular weight excluding hydrogens is 308 g/mol. The van der Waals surface area contributed by atoms with E-state index in [1.165, 1.54) is 10.4 Å². The summed E-state index contributed by atoms with van der Waals surface area (Å²) >= 11 is 6.14. The molecule has 0 radical (unpaired) electrons. The number of nitrogens with zero attached hydrogens (tertiary/aromatic N) is 1. The Hall–Kier alpha value is -1.06. The van der Waals surface area contributed by atoms with Crippen molar-refractivity contribution in [3.05, 3.63) is 28.8 Å². The first-order valence-corrected chi connectivity index (χ1v) is 8.66. The number of hydrogen-bond acceptors (Lipinski definition) is 3. The quantitative estimate of drug-likeness (QED) is 0.845. The second kappa shape index (κ2) is 6.37. The van der Waals surface area contributed by atoms with E-state index in [1.807, 2.05) is 0 Å². The summed E-state index contributed by atoms with van der Waals surface area (Å²) in [5.41, 5.74) is 5.97. The molecular formula is C15H19ClN2O2S. The summed E-state index contributed by atoms with van der Waals surface area (Å²) in [4.78, 5) is 0.142. The molecule has 1 aromatic rings. The molecule has 0 spiro atoms. The average Bonchev–Trinajstić information content (AvgIpc) is 2.77. The Bertz CT molecular complexity index is 681. The second-order valence-corrected chi connectivity index (χ2v) is 7.74. The molecule has 6 heteroatoms. The summed E-state index contributed by atoms with van der Waals surface area (Å²) in [6.07, 6.45) is 0. The van der Waals surface area contributed by atoms with Crippen LogP contribution >= 0.6 is 11.6 Å². The highest BCUT2D eigenvalue weighted by molar-refractivity contribution is 7.89. The van der Waals surface area contributed by atoms with Crippen molar-refractivity contribution in [2.24, 2.45) is 17.6 Å². The Morgan fingerprint density at radius 1 is 1.33 bits per heavy atom. The topological polar surface area (TPSA) is 63.4 Å². The Labute approximate surface area is 131 Å². The molecule has 1 fully saturated rings. The zero-order valence-corrected chi connectivity index (χ0v) is 13.7. The Morgan fingerprint density at radius 2 is 1.95 bits per heavy atom. The van der Waals surface area contributed by atoms with E-state index in [1.54, 1.807) is 12.1 Å². The van der Waals surface area contributed by atoms with Crippen molar-refractivity contribution in [3.8, 4) is 11.8 Å². The number of benzene rings is 1. The number of halogens is 1. The predicted octanol–water partition coefficient (Wildman–Crippen LogP) is 1.93. The fourth-order valence-corrected chi connectivity index (χ4v) is 4.51. The first kappa shape index (κ1) is 16.3. The van der Waals surface area contributed by atoms with Crippen LogP contribution in [0.2, 0.25) is 5.02 Å². The number of rotatable bonds is 2. The standard InChI is InChI=1S/C15H19ClN2O2S/c1-11-9-18(10-12(11)2)21(19,20)15-6-5-13(4-3-7-17)8-14(15)16/h5-6,8,11-12H,7,9-10,17H2,1-2H3. The van der Waals surface area contributed by atoms with Crippen molar-refractivity contribution in [3.63, 3.8) is 0 Å². The molecule has 0 saturated carbocycles. The molecule has 114 valence electrons. The molecule has 1 saturated heterocycles. The maximum absolute atomic E-state index is 12.7. The third-order valence-corrected chi connectivity index (χ3v) is 6.15. The molecule has 1 aromatic carbocycles. The molecule has 4 nitrogen and oxygen atoms in total. The van der Waals surface area contributed by atoms with Gasteiger partial charge in [-0.2, -0.15) is 4.31 Å². The highest BCUT2D eigenvalue weighted by atomic mass is 35.5. The van der Waals surface area contributed by atoms with Crippen molar-refractivity contribution in [1.29, 1.82) is 0 Å². The van der Waals surface area contributed by atoms with Gasteiger partial charge < -0.3 is 5.73 Å². The van der Waals surface area contributed by atoms with Crippen molar-refractivity contribution in [2.75, 3.05) is 19.6 Å². The zero-order chi connectivity index (χ0) is 15.6. The lowest BCUT2D eigenvalue weighted by atomic mass is 10.0. The molecule has 2 N–H and O–H groups in total. The van der Waals surface area contributed by atoms with Gasteiger partial charge in [0.15, 0.2) is 0 Å². The van der Waals surface area contributed by atoms with Crippen LogP contribution in [0.15, 0.2) is 23.1 Å². The van der Waals surface area contributed by atoms with Crippen molar-refractivity contribution in [2.45, 2.75) is 18.7 Å². The Kier molecular flexibility index (Phi) is 4.95. The van der Waals surface area contributed by atoms with Crippen LogP contribution in [-0.4, -0.2) is 32.4 Å². The van der Waals surface area contributed by atoms with Crippen LogP contribution in [0.4, 0.5) is 0 Å². The lowest BCUT2D eigenvalue weighted by Crippen LogP contribution is -2.29. The average molecular weight is 327 g/mol. The van der Waals surface area contributed by atoms with E-state index in [-0.39, 0.29) is 16.5 Å². The van der Waals surface area contributed by atoms with Gasteiger partial charge in [-0.15, -0.1) is 0 Å². The van der Waals surface area contributed by atoms with Gasteiger partial charge in [-0.25, -0.2) is 8.42 Å². The highest BCUT2D eigenvalue weighted by Gasteiger charge is 2.35. The van der Waals surface area contributed by atoms with Crippen LogP contribution in [0.3, 0.4) is 0 Å². The van der Waals surface area contributed by atoms with E-state index >= 15 is 0 Å². The summed E-state index contributed by atoms with van der Waals surface area (Å²) < 4.78 is 26.8. The Morgan fingerprint density at radius 3 is 2.48 bits per heavy atom. The smallest absolute Gasteiger partial charge is 0.244 e. The zero-order valence-electron chi connectivity index (χ0n) is 12.1. The number of nitrogens with two attached hydrogens (primary N) is 1. The monoisotopic (exact) mass is 326 g/mol. The molecule has 2 unspecified atom stereocenters. The van der Waals surface area contributed by atoms with E-state index in [0.717, 1.165) is 0 Å². The second-order valence-electron chi connectivity index (χ2n) is 5.43. The minimum Gasteiger partial charge on any atom is -0.320 e. The Balaban J connectivity index is 2.33. The van der Waals surface area contributed by atoms with Gasteiger partial charge in [-0.3, -0.25) is 0 Å². The summed E-state index contributed by atoms with van der Waals surface area (Å²) in [5.74, 6) is 6.27. The summed E-state index contributed by atoms with van der Waals surface area (Å²) in [5, 5.41) is 0.200. The summed E-state index contributed by atoms with van der Waals surface area (Å²) in [7, 11) is -3.54. The molecule has 2 atom stereocenters. The van der Waals surface area contributed by atoms with E-state index in [4.69, 9.17) is 17.3 Å². The van der Waals surface area contributed by atoms with Crippen LogP contribution < -0.4 is 5.73 Å². The summed E-state index contributed by atoms with van der Waals surface area (Å²) in [6, 6.07) is 4.75. The third-order valence-electron chi connectivity index (χ3n) is 3.84. The van der Waals surface area contributed by atoms with E-state index in [0.29, 0.717) is 30.5 Å². The van der Waals surface area contributed by atoms with Crippen molar-refractivity contribution >= 4 is 21.6 Å². The van der Waals surface area contributed by atoms with Gasteiger partial charge >= 0.3 is 0 Å². The van der Waals surface area contributed by atoms with Gasteiger partial charge in [0, 0.05) is 18.7 Å². The molecule has 0 amide bonds. The normalized spacial score (nSPS) is 22.9. The predicted molar refractivity (Wildman–Crippen MR) is 84.5 cm³/mol. The SMILES string of the molecule is CC1CN(S(=O)(=O)c2ccc(C#CCN)cc2Cl)CC1C. The maximum atomic E-state index is 12.7. The van der Waals surface area contributed by atoms with Gasteiger partial charge in [0.25, 0.3) is 0 Å². The van der Waals surface area contributed by atoms with Crippen LogP contribution in [0, 0.1) is 23.7 Å². The van der Waals surface area contributed by atoms with Gasteiger partial charge in [0.2, 0.25) is 10.0 Å². The third kappa shape index (κ3) is 3.41. The molecule has 2 rings (SSSR count). The van der Waals surface area contributed by atoms with Crippen LogP contribution in [0.25, 0.3) is 0 Å². The minimum atomic E-state index is -3.54. The van der Waals surface area contributed by atoms with Gasteiger partial charge in [0.05, 0.1) is 11.6 Å². The molecule has 1 heterocycles. The minimum absolute atomic E-state index is 0.142. The maximum Gasteiger partial charge on any atom is 0.244 e. The van der Waals surface area contributed by atoms with Gasteiger partial charge in [0.1, 0.15) is 4.90 Å². The lowest BCUT2D eigenvalue weighted by molar-refractivity contribution is 0.463. The summed E-state index contributed by atoms with van der Waals surface area (Å²) in [6.45, 7) is 5.45. The molecule has 0 aromatic heterocycles.